The van der Waals surface area contributed by atoms with Crippen LogP contribution < -0.4 is 5.32 Å². The Bertz CT molecular complexity index is 845. The molecule has 0 spiro atoms. The summed E-state index contributed by atoms with van der Waals surface area (Å²) in [6.45, 7) is 5.79. The number of benzene rings is 1. The Labute approximate surface area is 170 Å². The van der Waals surface area contributed by atoms with E-state index in [9.17, 15) is 14.0 Å². The highest BCUT2D eigenvalue weighted by molar-refractivity contribution is 5.79. The molecule has 1 aliphatic rings. The van der Waals surface area contributed by atoms with Gasteiger partial charge < -0.3 is 10.2 Å². The Balaban J connectivity index is 1.44. The van der Waals surface area contributed by atoms with Gasteiger partial charge in [0.15, 0.2) is 0 Å². The van der Waals surface area contributed by atoms with Crippen molar-refractivity contribution in [1.29, 1.82) is 0 Å². The largest absolute Gasteiger partial charge is 0.356 e. The van der Waals surface area contributed by atoms with Crippen LogP contribution in [0.25, 0.3) is 0 Å². The van der Waals surface area contributed by atoms with E-state index in [2.05, 4.69) is 15.5 Å². The molecule has 1 aromatic heterocycles. The van der Waals surface area contributed by atoms with Crippen molar-refractivity contribution < 1.29 is 14.0 Å². The first-order valence-corrected chi connectivity index (χ1v) is 10.2. The summed E-state index contributed by atoms with van der Waals surface area (Å²) in [5.41, 5.74) is 3.33. The van der Waals surface area contributed by atoms with Crippen LogP contribution in [-0.2, 0) is 22.4 Å². The summed E-state index contributed by atoms with van der Waals surface area (Å²) in [4.78, 5) is 26.7. The average Bonchev–Trinajstić information content (AvgIpc) is 3.04. The molecule has 1 atom stereocenters. The maximum Gasteiger partial charge on any atom is 0.227 e. The first-order valence-electron chi connectivity index (χ1n) is 10.2. The zero-order valence-electron chi connectivity index (χ0n) is 17.1. The van der Waals surface area contributed by atoms with Crippen LogP contribution in [-0.4, -0.2) is 46.5 Å². The van der Waals surface area contributed by atoms with Crippen LogP contribution in [0.15, 0.2) is 24.3 Å². The van der Waals surface area contributed by atoms with Gasteiger partial charge in [-0.1, -0.05) is 18.2 Å². The van der Waals surface area contributed by atoms with Gasteiger partial charge in [-0.2, -0.15) is 5.10 Å². The normalized spacial score (nSPS) is 16.7. The first-order chi connectivity index (χ1) is 13.9. The molecule has 1 aromatic carbocycles. The van der Waals surface area contributed by atoms with E-state index in [0.717, 1.165) is 36.3 Å². The van der Waals surface area contributed by atoms with E-state index in [0.29, 0.717) is 31.5 Å². The van der Waals surface area contributed by atoms with Gasteiger partial charge in [0.1, 0.15) is 5.82 Å². The molecule has 29 heavy (non-hydrogen) atoms. The van der Waals surface area contributed by atoms with Crippen LogP contribution in [0, 0.1) is 25.6 Å². The lowest BCUT2D eigenvalue weighted by atomic mass is 9.97. The molecule has 3 rings (SSSR count). The third-order valence-corrected chi connectivity index (χ3v) is 5.65. The van der Waals surface area contributed by atoms with Crippen LogP contribution in [0.1, 0.15) is 41.8 Å². The number of hydrogen-bond donors (Lipinski definition) is 2. The highest BCUT2D eigenvalue weighted by atomic mass is 19.1. The van der Waals surface area contributed by atoms with Crippen molar-refractivity contribution in [1.82, 2.24) is 20.4 Å². The minimum absolute atomic E-state index is 0.0821. The van der Waals surface area contributed by atoms with E-state index >= 15 is 0 Å². The van der Waals surface area contributed by atoms with Gasteiger partial charge in [-0.05, 0) is 50.7 Å². The summed E-state index contributed by atoms with van der Waals surface area (Å²) in [7, 11) is 0. The quantitative estimate of drug-likeness (QED) is 0.750. The number of likely N-dealkylation sites (tertiary alicyclic amines) is 1. The van der Waals surface area contributed by atoms with Crippen LogP contribution in [0.5, 0.6) is 0 Å². The van der Waals surface area contributed by atoms with E-state index in [1.54, 1.807) is 18.2 Å². The number of nitrogens with zero attached hydrogens (tertiary/aromatic N) is 2. The fourth-order valence-electron chi connectivity index (χ4n) is 3.85. The Morgan fingerprint density at radius 1 is 1.31 bits per heavy atom. The summed E-state index contributed by atoms with van der Waals surface area (Å²) in [6, 6.07) is 6.53. The molecule has 1 saturated heterocycles. The van der Waals surface area contributed by atoms with Gasteiger partial charge >= 0.3 is 0 Å². The Kier molecular flexibility index (Phi) is 7.01. The molecule has 2 aromatic rings. The zero-order valence-corrected chi connectivity index (χ0v) is 17.1. The second kappa shape index (κ2) is 9.67. The average molecular weight is 400 g/mol. The predicted octanol–water partition coefficient (Wildman–Crippen LogP) is 2.70. The smallest absolute Gasteiger partial charge is 0.227 e. The molecule has 2 amide bonds. The summed E-state index contributed by atoms with van der Waals surface area (Å²) in [5, 5.41) is 10.0. The Hall–Kier alpha value is -2.70. The number of aryl methyl sites for hydroxylation is 3. The molecule has 1 fully saturated rings. The third kappa shape index (κ3) is 5.65. The van der Waals surface area contributed by atoms with Gasteiger partial charge in [0.25, 0.3) is 0 Å². The summed E-state index contributed by atoms with van der Waals surface area (Å²) < 4.78 is 13.6. The van der Waals surface area contributed by atoms with E-state index in [-0.39, 0.29) is 30.0 Å². The lowest BCUT2D eigenvalue weighted by Gasteiger charge is -2.33. The fraction of sp³-hybridized carbons (Fsp3) is 0.500. The number of halogens is 1. The molecule has 1 unspecified atom stereocenters. The second-order valence-electron chi connectivity index (χ2n) is 7.83. The van der Waals surface area contributed by atoms with E-state index in [1.165, 1.54) is 6.07 Å². The number of H-pyrrole nitrogens is 1. The molecule has 0 saturated carbocycles. The van der Waals surface area contributed by atoms with Gasteiger partial charge in [0.05, 0.1) is 12.1 Å². The fourth-order valence-corrected chi connectivity index (χ4v) is 3.85. The highest BCUT2D eigenvalue weighted by Gasteiger charge is 2.25. The molecule has 6 nitrogen and oxygen atoms in total. The van der Waals surface area contributed by atoms with Crippen LogP contribution >= 0.6 is 0 Å². The van der Waals surface area contributed by atoms with E-state index < -0.39 is 0 Å². The van der Waals surface area contributed by atoms with Gasteiger partial charge in [-0.15, -0.1) is 0 Å². The Morgan fingerprint density at radius 3 is 2.83 bits per heavy atom. The topological polar surface area (TPSA) is 78.1 Å². The number of carbonyl (C=O) groups excluding carboxylic acids is 2. The third-order valence-electron chi connectivity index (χ3n) is 5.65. The minimum atomic E-state index is -0.273. The van der Waals surface area contributed by atoms with Crippen molar-refractivity contribution in [2.45, 2.75) is 46.0 Å². The number of carbonyl (C=O) groups is 2. The van der Waals surface area contributed by atoms with E-state index in [4.69, 9.17) is 0 Å². The van der Waals surface area contributed by atoms with E-state index in [1.807, 2.05) is 18.7 Å². The number of hydrogen-bond acceptors (Lipinski definition) is 3. The maximum atomic E-state index is 13.6. The van der Waals surface area contributed by atoms with Gasteiger partial charge in [0.2, 0.25) is 11.8 Å². The van der Waals surface area contributed by atoms with Crippen molar-refractivity contribution in [2.75, 3.05) is 19.6 Å². The molecule has 7 heteroatoms. The number of amides is 2. The molecule has 156 valence electrons. The molecule has 2 N–H and O–H groups in total. The minimum Gasteiger partial charge on any atom is -0.356 e. The maximum absolute atomic E-state index is 13.6. The summed E-state index contributed by atoms with van der Waals surface area (Å²) in [6.07, 6.45) is 2.93. The van der Waals surface area contributed by atoms with Crippen LogP contribution in [0.4, 0.5) is 4.39 Å². The van der Waals surface area contributed by atoms with Crippen molar-refractivity contribution in [3.8, 4) is 0 Å². The lowest BCUT2D eigenvalue weighted by Crippen LogP contribution is -2.44. The van der Waals surface area contributed by atoms with Crippen molar-refractivity contribution in [2.24, 2.45) is 5.92 Å². The monoisotopic (exact) mass is 400 g/mol. The number of aromatic amines is 1. The molecular weight excluding hydrogens is 371 g/mol. The first kappa shape index (κ1) is 21.0. The number of rotatable bonds is 7. The molecule has 2 heterocycles. The summed E-state index contributed by atoms with van der Waals surface area (Å²) >= 11 is 0. The van der Waals surface area contributed by atoms with Gasteiger partial charge in [-0.3, -0.25) is 14.7 Å². The van der Waals surface area contributed by atoms with Crippen LogP contribution in [0.3, 0.4) is 0 Å². The van der Waals surface area contributed by atoms with Crippen molar-refractivity contribution in [3.63, 3.8) is 0 Å². The lowest BCUT2D eigenvalue weighted by molar-refractivity contribution is -0.132. The molecule has 0 bridgehead atoms. The van der Waals surface area contributed by atoms with Crippen LogP contribution in [0.2, 0.25) is 0 Å². The van der Waals surface area contributed by atoms with Crippen molar-refractivity contribution >= 4 is 11.8 Å². The van der Waals surface area contributed by atoms with Crippen molar-refractivity contribution in [3.05, 3.63) is 52.6 Å². The number of aromatic nitrogens is 2. The molecule has 1 aliphatic heterocycles. The number of nitrogens with one attached hydrogen (secondary N) is 2. The zero-order chi connectivity index (χ0) is 20.8. The molecule has 0 radical (unpaired) electrons. The number of piperidine rings is 1. The molecule has 0 aliphatic carbocycles. The standard InChI is InChI=1S/C22H29FN4O2/c1-15-19(16(2)26-25-15)12-22(29)27-11-5-6-17(14-27)13-24-21(28)10-9-18-7-3-4-8-20(18)23/h3-4,7-8,17H,5-6,9-14H2,1-2H3,(H,24,28)(H,25,26). The SMILES string of the molecule is Cc1n[nH]c(C)c1CC(=O)N1CCCC(CNC(=O)CCc2ccccc2F)C1. The highest BCUT2D eigenvalue weighted by Crippen LogP contribution is 2.19. The Morgan fingerprint density at radius 2 is 2.10 bits per heavy atom. The second-order valence-corrected chi connectivity index (χ2v) is 7.83. The summed E-state index contributed by atoms with van der Waals surface area (Å²) in [5.74, 6) is -0.00369. The van der Waals surface area contributed by atoms with Gasteiger partial charge in [0, 0.05) is 37.3 Å². The predicted molar refractivity (Wildman–Crippen MR) is 109 cm³/mol. The van der Waals surface area contributed by atoms with Gasteiger partial charge in [-0.25, -0.2) is 4.39 Å². The molecular formula is C22H29FN4O2.